The monoisotopic (exact) mass is 251 g/mol. The molecule has 18 heavy (non-hydrogen) atoms. The molecule has 1 fully saturated rings. The molecule has 0 spiro atoms. The quantitative estimate of drug-likeness (QED) is 0.751. The van der Waals surface area contributed by atoms with Gasteiger partial charge in [-0.3, -0.25) is 9.59 Å². The summed E-state index contributed by atoms with van der Waals surface area (Å²) in [6.07, 6.45) is 3.17. The van der Waals surface area contributed by atoms with Crippen molar-refractivity contribution in [2.24, 2.45) is 0 Å². The fraction of sp³-hybridized carbons (Fsp3) is 0.500. The summed E-state index contributed by atoms with van der Waals surface area (Å²) in [6, 6.07) is 2.74. The Labute approximate surface area is 105 Å². The van der Waals surface area contributed by atoms with Gasteiger partial charge >= 0.3 is 0 Å². The lowest BCUT2D eigenvalue weighted by molar-refractivity contribution is -0.133. The summed E-state index contributed by atoms with van der Waals surface area (Å²) in [5.74, 6) is -0.153. The predicted molar refractivity (Wildman–Crippen MR) is 66.9 cm³/mol. The molecule has 0 bridgehead atoms. The molecule has 1 aromatic rings. The number of nitrogen functional groups attached to an aromatic ring is 1. The zero-order chi connectivity index (χ0) is 13.1. The molecule has 0 radical (unpaired) electrons. The zero-order valence-corrected chi connectivity index (χ0v) is 10.1. The summed E-state index contributed by atoms with van der Waals surface area (Å²) in [7, 11) is 0. The summed E-state index contributed by atoms with van der Waals surface area (Å²) in [5.41, 5.74) is 5.78. The van der Waals surface area contributed by atoms with Crippen LogP contribution in [-0.2, 0) is 11.3 Å². The van der Waals surface area contributed by atoms with Crippen LogP contribution < -0.4 is 11.3 Å². The lowest BCUT2D eigenvalue weighted by atomic mass is 10.2. The summed E-state index contributed by atoms with van der Waals surface area (Å²) in [5, 5.41) is 9.17. The SMILES string of the molecule is Nc1ccc(=O)n(CC(=O)N2CCC[C@H]2CO)c1. The van der Waals surface area contributed by atoms with Crippen LogP contribution in [0.2, 0.25) is 0 Å². The van der Waals surface area contributed by atoms with Gasteiger partial charge in [0, 0.05) is 24.5 Å². The number of anilines is 1. The zero-order valence-electron chi connectivity index (χ0n) is 10.1. The van der Waals surface area contributed by atoms with Crippen LogP contribution in [0.3, 0.4) is 0 Å². The first-order chi connectivity index (χ1) is 8.61. The van der Waals surface area contributed by atoms with Crippen molar-refractivity contribution < 1.29 is 9.90 Å². The number of aliphatic hydroxyl groups is 1. The molecular formula is C12H17N3O3. The van der Waals surface area contributed by atoms with E-state index in [2.05, 4.69) is 0 Å². The minimum atomic E-state index is -0.253. The van der Waals surface area contributed by atoms with Gasteiger partial charge in [0.05, 0.1) is 12.6 Å². The minimum absolute atomic E-state index is 0.0274. The number of nitrogens with zero attached hydrogens (tertiary/aromatic N) is 2. The Hall–Kier alpha value is -1.82. The molecule has 2 heterocycles. The maximum atomic E-state index is 12.1. The van der Waals surface area contributed by atoms with Gasteiger partial charge in [0.1, 0.15) is 6.54 Å². The number of amides is 1. The largest absolute Gasteiger partial charge is 0.398 e. The Balaban J connectivity index is 2.11. The Bertz CT molecular complexity index is 498. The van der Waals surface area contributed by atoms with Crippen LogP contribution >= 0.6 is 0 Å². The van der Waals surface area contributed by atoms with Gasteiger partial charge in [-0.15, -0.1) is 0 Å². The average Bonchev–Trinajstić information content (AvgIpc) is 2.82. The van der Waals surface area contributed by atoms with Crippen molar-refractivity contribution in [3.8, 4) is 0 Å². The van der Waals surface area contributed by atoms with Gasteiger partial charge in [-0.25, -0.2) is 0 Å². The van der Waals surface area contributed by atoms with Crippen LogP contribution in [0.25, 0.3) is 0 Å². The number of aromatic nitrogens is 1. The number of rotatable bonds is 3. The average molecular weight is 251 g/mol. The van der Waals surface area contributed by atoms with Crippen molar-refractivity contribution >= 4 is 11.6 Å². The number of nitrogens with two attached hydrogens (primary N) is 1. The molecular weight excluding hydrogens is 234 g/mol. The first-order valence-electron chi connectivity index (χ1n) is 5.98. The normalized spacial score (nSPS) is 19.2. The topological polar surface area (TPSA) is 88.6 Å². The highest BCUT2D eigenvalue weighted by Gasteiger charge is 2.27. The number of likely N-dealkylation sites (tertiary alicyclic amines) is 1. The van der Waals surface area contributed by atoms with E-state index in [0.29, 0.717) is 12.2 Å². The molecule has 2 rings (SSSR count). The van der Waals surface area contributed by atoms with E-state index in [1.807, 2.05) is 0 Å². The molecule has 0 saturated carbocycles. The third kappa shape index (κ3) is 2.53. The Morgan fingerprint density at radius 2 is 2.28 bits per heavy atom. The van der Waals surface area contributed by atoms with Gasteiger partial charge in [-0.05, 0) is 18.9 Å². The Morgan fingerprint density at radius 1 is 1.50 bits per heavy atom. The molecule has 6 heteroatoms. The van der Waals surface area contributed by atoms with E-state index in [9.17, 15) is 9.59 Å². The van der Waals surface area contributed by atoms with Crippen molar-refractivity contribution in [2.75, 3.05) is 18.9 Å². The maximum Gasteiger partial charge on any atom is 0.251 e. The van der Waals surface area contributed by atoms with Crippen LogP contribution in [0.4, 0.5) is 5.69 Å². The van der Waals surface area contributed by atoms with E-state index in [1.54, 1.807) is 4.90 Å². The molecule has 6 nitrogen and oxygen atoms in total. The lowest BCUT2D eigenvalue weighted by Crippen LogP contribution is -2.41. The van der Waals surface area contributed by atoms with Gasteiger partial charge in [0.2, 0.25) is 5.91 Å². The number of carbonyl (C=O) groups is 1. The van der Waals surface area contributed by atoms with Crippen LogP contribution in [-0.4, -0.2) is 39.7 Å². The molecule has 1 aromatic heterocycles. The molecule has 98 valence electrons. The van der Waals surface area contributed by atoms with Crippen molar-refractivity contribution in [3.05, 3.63) is 28.7 Å². The summed E-state index contributed by atoms with van der Waals surface area (Å²) in [4.78, 5) is 25.3. The predicted octanol–water partition coefficient (Wildman–Crippen LogP) is -0.586. The van der Waals surface area contributed by atoms with Crippen LogP contribution in [0, 0.1) is 0 Å². The molecule has 1 aliphatic heterocycles. The van der Waals surface area contributed by atoms with E-state index in [-0.39, 0.29) is 30.7 Å². The second-order valence-electron chi connectivity index (χ2n) is 4.49. The second-order valence-corrected chi connectivity index (χ2v) is 4.49. The van der Waals surface area contributed by atoms with Crippen molar-refractivity contribution in [2.45, 2.75) is 25.4 Å². The van der Waals surface area contributed by atoms with Gasteiger partial charge in [-0.1, -0.05) is 0 Å². The molecule has 0 aliphatic carbocycles. The number of aliphatic hydroxyl groups excluding tert-OH is 1. The third-order valence-electron chi connectivity index (χ3n) is 3.22. The van der Waals surface area contributed by atoms with Crippen molar-refractivity contribution in [1.82, 2.24) is 9.47 Å². The molecule has 0 unspecified atom stereocenters. The minimum Gasteiger partial charge on any atom is -0.398 e. The first-order valence-corrected chi connectivity index (χ1v) is 5.98. The van der Waals surface area contributed by atoms with Gasteiger partial charge < -0.3 is 20.3 Å². The van der Waals surface area contributed by atoms with E-state index in [1.165, 1.54) is 22.9 Å². The summed E-state index contributed by atoms with van der Waals surface area (Å²) >= 11 is 0. The first kappa shape index (κ1) is 12.6. The Kier molecular flexibility index (Phi) is 3.66. The summed E-state index contributed by atoms with van der Waals surface area (Å²) in [6.45, 7) is 0.582. The summed E-state index contributed by atoms with van der Waals surface area (Å²) < 4.78 is 1.30. The van der Waals surface area contributed by atoms with Crippen LogP contribution in [0.1, 0.15) is 12.8 Å². The molecule has 0 aromatic carbocycles. The maximum absolute atomic E-state index is 12.1. The lowest BCUT2D eigenvalue weighted by Gasteiger charge is -2.23. The highest BCUT2D eigenvalue weighted by atomic mass is 16.3. The van der Waals surface area contributed by atoms with E-state index >= 15 is 0 Å². The second kappa shape index (κ2) is 5.22. The highest BCUT2D eigenvalue weighted by Crippen LogP contribution is 2.16. The number of hydrogen-bond acceptors (Lipinski definition) is 4. The molecule has 1 amide bonds. The van der Waals surface area contributed by atoms with Gasteiger partial charge in [-0.2, -0.15) is 0 Å². The fourth-order valence-corrected chi connectivity index (χ4v) is 2.26. The third-order valence-corrected chi connectivity index (χ3v) is 3.22. The Morgan fingerprint density at radius 3 is 3.00 bits per heavy atom. The standard InChI is InChI=1S/C12H17N3O3/c13-9-3-4-11(17)14(6-9)7-12(18)15-5-1-2-10(15)8-16/h3-4,6,10,16H,1-2,5,7-8,13H2/t10-/m0/s1. The number of carbonyl (C=O) groups excluding carboxylic acids is 1. The van der Waals surface area contributed by atoms with E-state index in [0.717, 1.165) is 12.8 Å². The molecule has 3 N–H and O–H groups in total. The van der Waals surface area contributed by atoms with Crippen molar-refractivity contribution in [3.63, 3.8) is 0 Å². The fourth-order valence-electron chi connectivity index (χ4n) is 2.26. The van der Waals surface area contributed by atoms with Gasteiger partial charge in [0.25, 0.3) is 5.56 Å². The van der Waals surface area contributed by atoms with Crippen LogP contribution in [0.15, 0.2) is 23.1 Å². The van der Waals surface area contributed by atoms with E-state index < -0.39 is 0 Å². The molecule has 1 saturated heterocycles. The van der Waals surface area contributed by atoms with Crippen molar-refractivity contribution in [1.29, 1.82) is 0 Å². The molecule has 1 atom stereocenters. The number of pyridine rings is 1. The van der Waals surface area contributed by atoms with Crippen LogP contribution in [0.5, 0.6) is 0 Å². The van der Waals surface area contributed by atoms with E-state index in [4.69, 9.17) is 10.8 Å². The smallest absolute Gasteiger partial charge is 0.251 e. The molecule has 1 aliphatic rings. The number of hydrogen-bond donors (Lipinski definition) is 2. The van der Waals surface area contributed by atoms with Gasteiger partial charge in [0.15, 0.2) is 0 Å². The highest BCUT2D eigenvalue weighted by molar-refractivity contribution is 5.76.